The minimum absolute atomic E-state index is 0.117. The molecule has 5 nitrogen and oxygen atoms in total. The first-order valence-corrected chi connectivity index (χ1v) is 7.48. The van der Waals surface area contributed by atoms with Crippen LogP contribution in [-0.4, -0.2) is 41.8 Å². The van der Waals surface area contributed by atoms with Gasteiger partial charge in [-0.1, -0.05) is 33.4 Å². The molecule has 1 saturated heterocycles. The molecule has 1 rings (SSSR count). The molecule has 5 heteroatoms. The largest absolute Gasteiger partial charge is 0.460 e. The van der Waals surface area contributed by atoms with E-state index in [1.165, 1.54) is 11.0 Å². The van der Waals surface area contributed by atoms with Crippen LogP contribution in [0.2, 0.25) is 0 Å². The summed E-state index contributed by atoms with van der Waals surface area (Å²) in [6.45, 7) is 9.41. The predicted molar refractivity (Wildman–Crippen MR) is 79.6 cm³/mol. The minimum Gasteiger partial charge on any atom is -0.460 e. The van der Waals surface area contributed by atoms with Gasteiger partial charge in [-0.05, 0) is 25.7 Å². The molecule has 0 N–H and O–H groups in total. The van der Waals surface area contributed by atoms with E-state index in [0.29, 0.717) is 19.4 Å². The second-order valence-corrected chi connectivity index (χ2v) is 6.00. The number of amides is 1. The molecule has 0 aromatic rings. The molecule has 0 aromatic carbocycles. The van der Waals surface area contributed by atoms with E-state index in [2.05, 4.69) is 6.58 Å². The van der Waals surface area contributed by atoms with Gasteiger partial charge in [0.1, 0.15) is 12.6 Å². The van der Waals surface area contributed by atoms with Crippen LogP contribution in [0.3, 0.4) is 0 Å². The van der Waals surface area contributed by atoms with Crippen LogP contribution >= 0.6 is 0 Å². The van der Waals surface area contributed by atoms with Gasteiger partial charge in [-0.3, -0.25) is 9.59 Å². The van der Waals surface area contributed by atoms with E-state index >= 15 is 0 Å². The molecule has 0 aliphatic carbocycles. The highest BCUT2D eigenvalue weighted by molar-refractivity contribution is 6.38. The van der Waals surface area contributed by atoms with Gasteiger partial charge in [0.05, 0.1) is 0 Å². The molecule has 0 aromatic heterocycles. The van der Waals surface area contributed by atoms with Crippen LogP contribution in [-0.2, 0) is 19.1 Å². The normalized spacial score (nSPS) is 19.0. The highest BCUT2D eigenvalue weighted by atomic mass is 16.5. The lowest BCUT2D eigenvalue weighted by molar-refractivity contribution is -0.160. The van der Waals surface area contributed by atoms with Crippen molar-refractivity contribution >= 4 is 17.7 Å². The lowest BCUT2D eigenvalue weighted by Crippen LogP contribution is -2.53. The standard InChI is InChI=1S/C16H25NO4/c1-5-11-21-15(20)12-9-7-8-10-17(12)14(19)13(18)16(3,4)6-2/h5,12H,1,6-11H2,2-4H3. The Hall–Kier alpha value is -1.65. The van der Waals surface area contributed by atoms with E-state index in [1.807, 2.05) is 6.92 Å². The van der Waals surface area contributed by atoms with Gasteiger partial charge < -0.3 is 9.64 Å². The number of likely N-dealkylation sites (tertiary alicyclic amines) is 1. The fraction of sp³-hybridized carbons (Fsp3) is 0.688. The topological polar surface area (TPSA) is 63.7 Å². The molecule has 0 bridgehead atoms. The number of piperidine rings is 1. The Morgan fingerprint density at radius 1 is 1.33 bits per heavy atom. The van der Waals surface area contributed by atoms with Gasteiger partial charge in [0.15, 0.2) is 0 Å². The molecular formula is C16H25NO4. The van der Waals surface area contributed by atoms with Crippen LogP contribution in [0.15, 0.2) is 12.7 Å². The number of hydrogen-bond acceptors (Lipinski definition) is 4. The number of nitrogens with zero attached hydrogens (tertiary/aromatic N) is 1. The fourth-order valence-electron chi connectivity index (χ4n) is 2.24. The van der Waals surface area contributed by atoms with Gasteiger partial charge in [-0.25, -0.2) is 4.79 Å². The van der Waals surface area contributed by atoms with E-state index in [4.69, 9.17) is 4.74 Å². The zero-order valence-corrected chi connectivity index (χ0v) is 13.2. The second-order valence-electron chi connectivity index (χ2n) is 6.00. The third-order valence-corrected chi connectivity index (χ3v) is 4.07. The molecule has 1 heterocycles. The van der Waals surface area contributed by atoms with Crippen molar-refractivity contribution in [2.45, 2.75) is 52.5 Å². The zero-order chi connectivity index (χ0) is 16.0. The van der Waals surface area contributed by atoms with Crippen LogP contribution in [0, 0.1) is 5.41 Å². The van der Waals surface area contributed by atoms with E-state index in [1.54, 1.807) is 13.8 Å². The third-order valence-electron chi connectivity index (χ3n) is 4.07. The Balaban J connectivity index is 2.86. The first kappa shape index (κ1) is 17.4. The molecule has 1 unspecified atom stereocenters. The van der Waals surface area contributed by atoms with Gasteiger partial charge in [-0.15, -0.1) is 0 Å². The summed E-state index contributed by atoms with van der Waals surface area (Å²) in [6.07, 6.45) is 4.26. The lowest BCUT2D eigenvalue weighted by atomic mass is 9.84. The van der Waals surface area contributed by atoms with E-state index in [9.17, 15) is 14.4 Å². The van der Waals surface area contributed by atoms with Crippen molar-refractivity contribution in [3.05, 3.63) is 12.7 Å². The number of rotatable bonds is 6. The molecule has 0 spiro atoms. The molecule has 118 valence electrons. The summed E-state index contributed by atoms with van der Waals surface area (Å²) in [5, 5.41) is 0. The number of Topliss-reactive ketones (excluding diaryl/α,β-unsaturated/α-hetero) is 1. The average molecular weight is 295 g/mol. The minimum atomic E-state index is -0.704. The Bertz CT molecular complexity index is 428. The predicted octanol–water partition coefficient (Wildman–Crippen LogP) is 2.10. The Morgan fingerprint density at radius 2 is 2.00 bits per heavy atom. The maximum absolute atomic E-state index is 12.4. The van der Waals surface area contributed by atoms with Gasteiger partial charge in [-0.2, -0.15) is 0 Å². The number of ketones is 1. The van der Waals surface area contributed by atoms with Gasteiger partial charge in [0, 0.05) is 12.0 Å². The highest BCUT2D eigenvalue weighted by Crippen LogP contribution is 2.25. The zero-order valence-electron chi connectivity index (χ0n) is 13.2. The first-order valence-electron chi connectivity index (χ1n) is 7.48. The summed E-state index contributed by atoms with van der Waals surface area (Å²) < 4.78 is 5.04. The van der Waals surface area contributed by atoms with Crippen molar-refractivity contribution in [3.63, 3.8) is 0 Å². The SMILES string of the molecule is C=CCOC(=O)C1CCCCN1C(=O)C(=O)C(C)(C)CC. The molecule has 1 fully saturated rings. The summed E-state index contributed by atoms with van der Waals surface area (Å²) in [5.74, 6) is -1.46. The van der Waals surface area contributed by atoms with Gasteiger partial charge in [0.2, 0.25) is 5.78 Å². The number of esters is 1. The van der Waals surface area contributed by atoms with Crippen LogP contribution in [0.4, 0.5) is 0 Å². The van der Waals surface area contributed by atoms with Crippen molar-refractivity contribution in [2.24, 2.45) is 5.41 Å². The van der Waals surface area contributed by atoms with Crippen molar-refractivity contribution in [3.8, 4) is 0 Å². The molecule has 1 amide bonds. The first-order chi connectivity index (χ1) is 9.85. The van der Waals surface area contributed by atoms with Crippen molar-refractivity contribution in [1.82, 2.24) is 4.90 Å². The van der Waals surface area contributed by atoms with E-state index < -0.39 is 29.1 Å². The molecule has 1 aliphatic rings. The van der Waals surface area contributed by atoms with E-state index in [0.717, 1.165) is 12.8 Å². The van der Waals surface area contributed by atoms with Crippen LogP contribution in [0.25, 0.3) is 0 Å². The summed E-state index contributed by atoms with van der Waals surface area (Å²) >= 11 is 0. The monoisotopic (exact) mass is 295 g/mol. The number of hydrogen-bond donors (Lipinski definition) is 0. The maximum Gasteiger partial charge on any atom is 0.329 e. The lowest BCUT2D eigenvalue weighted by Gasteiger charge is -2.35. The number of ether oxygens (including phenoxy) is 1. The van der Waals surface area contributed by atoms with E-state index in [-0.39, 0.29) is 6.61 Å². The molecule has 0 radical (unpaired) electrons. The Morgan fingerprint density at radius 3 is 2.57 bits per heavy atom. The number of carbonyl (C=O) groups is 3. The Kier molecular flexibility index (Phi) is 6.12. The fourth-order valence-corrected chi connectivity index (χ4v) is 2.24. The molecule has 0 saturated carbocycles. The third kappa shape index (κ3) is 4.16. The van der Waals surface area contributed by atoms with Crippen LogP contribution in [0.5, 0.6) is 0 Å². The maximum atomic E-state index is 12.4. The molecule has 1 aliphatic heterocycles. The summed E-state index contributed by atoms with van der Waals surface area (Å²) in [4.78, 5) is 38.2. The summed E-state index contributed by atoms with van der Waals surface area (Å²) in [6, 6.07) is -0.650. The second kappa shape index (κ2) is 7.38. The highest BCUT2D eigenvalue weighted by Gasteiger charge is 2.40. The van der Waals surface area contributed by atoms with Gasteiger partial charge in [0.25, 0.3) is 5.91 Å². The van der Waals surface area contributed by atoms with Crippen LogP contribution < -0.4 is 0 Å². The van der Waals surface area contributed by atoms with Gasteiger partial charge >= 0.3 is 5.97 Å². The van der Waals surface area contributed by atoms with Crippen LogP contribution in [0.1, 0.15) is 46.5 Å². The average Bonchev–Trinajstić information content (AvgIpc) is 2.51. The van der Waals surface area contributed by atoms with Crippen molar-refractivity contribution in [1.29, 1.82) is 0 Å². The smallest absolute Gasteiger partial charge is 0.329 e. The summed E-state index contributed by atoms with van der Waals surface area (Å²) in [7, 11) is 0. The quantitative estimate of drug-likeness (QED) is 0.428. The summed E-state index contributed by atoms with van der Waals surface area (Å²) in [5.41, 5.74) is -0.704. The van der Waals surface area contributed by atoms with Crippen molar-refractivity contribution < 1.29 is 19.1 Å². The number of carbonyl (C=O) groups excluding carboxylic acids is 3. The molecular weight excluding hydrogens is 270 g/mol. The molecule has 21 heavy (non-hydrogen) atoms. The van der Waals surface area contributed by atoms with Crippen molar-refractivity contribution in [2.75, 3.05) is 13.2 Å². The molecule has 1 atom stereocenters. The Labute approximate surface area is 126 Å².